The first-order valence-electron chi connectivity index (χ1n) is 19.1. The molecule has 0 nitrogen and oxygen atoms in total. The van der Waals surface area contributed by atoms with E-state index in [0.717, 1.165) is 8.45 Å². The molecule has 47 heavy (non-hydrogen) atoms. The molecule has 2 atom stereocenters. The van der Waals surface area contributed by atoms with Crippen molar-refractivity contribution in [1.82, 2.24) is 0 Å². The molecule has 2 aliphatic carbocycles. The molecule has 2 aromatic carbocycles. The van der Waals surface area contributed by atoms with Crippen molar-refractivity contribution in [3.05, 3.63) is 81.4 Å². The SMILES string of the molecule is CCCCCCP(CCCCCC)C1=Cc2ccccc2[CH]1[Ti+2][CH]1C(P(CCCCCC)CCCCCC)=Cc2ccccc21.[F-].[F-]. The fraction of sp³-hybridized carbons (Fsp3) is 0.619. The van der Waals surface area contributed by atoms with Crippen LogP contribution in [0.25, 0.3) is 12.2 Å². The molecule has 0 N–H and O–H groups in total. The van der Waals surface area contributed by atoms with Crippen LogP contribution in [0.3, 0.4) is 0 Å². The summed E-state index contributed by atoms with van der Waals surface area (Å²) in [7, 11) is -0.0938. The molecule has 5 heteroatoms. The van der Waals surface area contributed by atoms with Gasteiger partial charge in [-0.3, -0.25) is 0 Å². The maximum atomic E-state index is 2.73. The Labute approximate surface area is 300 Å². The molecule has 2 aliphatic rings. The van der Waals surface area contributed by atoms with Crippen LogP contribution in [0.2, 0.25) is 0 Å². The van der Waals surface area contributed by atoms with Gasteiger partial charge in [0.1, 0.15) is 0 Å². The van der Waals surface area contributed by atoms with E-state index in [9.17, 15) is 0 Å². The molecule has 0 saturated heterocycles. The van der Waals surface area contributed by atoms with E-state index < -0.39 is 0 Å². The number of hydrogen-bond donors (Lipinski definition) is 0. The molecule has 0 fully saturated rings. The van der Waals surface area contributed by atoms with Gasteiger partial charge in [0.15, 0.2) is 0 Å². The smallest absolute Gasteiger partial charge is 1.00 e. The Kier molecular flexibility index (Phi) is 22.2. The third-order valence-corrected chi connectivity index (χ3v) is 19.4. The van der Waals surface area contributed by atoms with Gasteiger partial charge < -0.3 is 9.41 Å². The van der Waals surface area contributed by atoms with Gasteiger partial charge in [0, 0.05) is 0 Å². The molecule has 0 bridgehead atoms. The van der Waals surface area contributed by atoms with Gasteiger partial charge >= 0.3 is 292 Å². The fourth-order valence-electron chi connectivity index (χ4n) is 7.34. The maximum absolute atomic E-state index is 2.73. The summed E-state index contributed by atoms with van der Waals surface area (Å²) in [4.78, 5) is 0. The number of hydrogen-bond acceptors (Lipinski definition) is 0. The van der Waals surface area contributed by atoms with Gasteiger partial charge in [-0.25, -0.2) is 0 Å². The second-order valence-corrected chi connectivity index (χ2v) is 21.0. The van der Waals surface area contributed by atoms with E-state index in [2.05, 4.69) is 88.4 Å². The first-order chi connectivity index (χ1) is 22.2. The van der Waals surface area contributed by atoms with Crippen molar-refractivity contribution < 1.29 is 28.6 Å². The summed E-state index contributed by atoms with van der Waals surface area (Å²) >= 11 is -0.293. The quantitative estimate of drug-likeness (QED) is 0.0581. The standard InChI is InChI=1S/2C21H32P.2FH.Ti/c2*1-3-5-7-11-15-22(16-12-8-6-4-2)21-17-19-13-9-10-14-20(19)18-21;;;/h2*9-10,13-14,17-18H,3-8,11-12,15-16H2,1-2H3;2*1H;/q;;;;+2/p-2. The Morgan fingerprint density at radius 2 is 0.766 bits per heavy atom. The van der Waals surface area contributed by atoms with Gasteiger partial charge in [-0.05, 0) is 0 Å². The first-order valence-corrected chi connectivity index (χ1v) is 24.3. The molecule has 260 valence electrons. The van der Waals surface area contributed by atoms with Gasteiger partial charge in [-0.1, -0.05) is 0 Å². The van der Waals surface area contributed by atoms with Crippen molar-refractivity contribution in [2.75, 3.05) is 24.6 Å². The van der Waals surface area contributed by atoms with E-state index in [0.29, 0.717) is 0 Å². The monoisotopic (exact) mass is 716 g/mol. The summed E-state index contributed by atoms with van der Waals surface area (Å²) in [5, 5.41) is 3.83. The Morgan fingerprint density at radius 3 is 1.09 bits per heavy atom. The molecule has 0 radical (unpaired) electrons. The van der Waals surface area contributed by atoms with Crippen LogP contribution in [0.1, 0.15) is 161 Å². The molecular formula is C42H64F2P2Ti. The van der Waals surface area contributed by atoms with E-state index >= 15 is 0 Å². The second kappa shape index (κ2) is 24.5. The first kappa shape index (κ1) is 42.5. The maximum Gasteiger partial charge on any atom is -1.00 e. The van der Waals surface area contributed by atoms with Crippen LogP contribution in [0.5, 0.6) is 0 Å². The van der Waals surface area contributed by atoms with Gasteiger partial charge in [-0.15, -0.1) is 0 Å². The van der Waals surface area contributed by atoms with E-state index in [1.54, 1.807) is 22.3 Å². The molecule has 2 unspecified atom stereocenters. The van der Waals surface area contributed by atoms with Gasteiger partial charge in [0.2, 0.25) is 0 Å². The minimum atomic E-state index is -0.293. The van der Waals surface area contributed by atoms with Crippen molar-refractivity contribution in [3.8, 4) is 0 Å². The van der Waals surface area contributed by atoms with Crippen LogP contribution in [-0.2, 0) is 19.2 Å². The third kappa shape index (κ3) is 12.9. The average molecular weight is 717 g/mol. The number of halogens is 2. The summed E-state index contributed by atoms with van der Waals surface area (Å²) in [5.74, 6) is 0. The summed E-state index contributed by atoms with van der Waals surface area (Å²) in [6, 6.07) is 19.2. The predicted octanol–water partition coefficient (Wildman–Crippen LogP) is 8.55. The Bertz CT molecular complexity index is 1080. The predicted molar refractivity (Wildman–Crippen MR) is 204 cm³/mol. The Hall–Kier alpha value is -0.646. The molecule has 0 saturated carbocycles. The van der Waals surface area contributed by atoms with Crippen molar-refractivity contribution in [3.63, 3.8) is 0 Å². The van der Waals surface area contributed by atoms with Crippen LogP contribution in [0.15, 0.2) is 59.2 Å². The van der Waals surface area contributed by atoms with Crippen molar-refractivity contribution in [2.45, 2.75) is 139 Å². The van der Waals surface area contributed by atoms with E-state index in [4.69, 9.17) is 0 Å². The molecule has 2 aromatic rings. The molecule has 0 amide bonds. The number of allylic oxidation sites excluding steroid dienone is 2. The molecule has 0 aromatic heterocycles. The molecule has 0 spiro atoms. The molecule has 0 aliphatic heterocycles. The van der Waals surface area contributed by atoms with Crippen molar-refractivity contribution in [1.29, 1.82) is 0 Å². The second-order valence-electron chi connectivity index (χ2n) is 13.6. The average Bonchev–Trinajstić information content (AvgIpc) is 3.62. The normalized spacial score (nSPS) is 16.3. The zero-order chi connectivity index (χ0) is 31.7. The molecule has 0 heterocycles. The number of rotatable bonds is 24. The zero-order valence-corrected chi connectivity index (χ0v) is 33.6. The summed E-state index contributed by atoms with van der Waals surface area (Å²) in [6.45, 7) is 9.44. The van der Waals surface area contributed by atoms with Crippen molar-refractivity contribution >= 4 is 28.0 Å². The number of fused-ring (bicyclic) bond motifs is 2. The summed E-state index contributed by atoms with van der Waals surface area (Å²) in [5.41, 5.74) is 6.52. The largest absolute Gasteiger partial charge is 1.00 e. The number of unbranched alkanes of at least 4 members (excludes halogenated alkanes) is 12. The minimum Gasteiger partial charge on any atom is -1.00 e. The van der Waals surface area contributed by atoms with Crippen molar-refractivity contribution in [2.24, 2.45) is 0 Å². The molecular weight excluding hydrogens is 652 g/mol. The fourth-order valence-corrected chi connectivity index (χ4v) is 17.9. The van der Waals surface area contributed by atoms with E-state index in [1.807, 2.05) is 10.6 Å². The van der Waals surface area contributed by atoms with Crippen LogP contribution < -0.4 is 9.41 Å². The third-order valence-electron chi connectivity index (χ3n) is 10.0. The summed E-state index contributed by atoms with van der Waals surface area (Å²) < 4.78 is 1.45. The van der Waals surface area contributed by atoms with E-state index in [1.165, 1.54) is 127 Å². The Balaban J connectivity index is 0.00000384. The minimum absolute atomic E-state index is 0. The topological polar surface area (TPSA) is 0 Å². The van der Waals surface area contributed by atoms with Gasteiger partial charge in [0.25, 0.3) is 0 Å². The zero-order valence-electron chi connectivity index (χ0n) is 30.2. The Morgan fingerprint density at radius 1 is 0.447 bits per heavy atom. The van der Waals surface area contributed by atoms with Crippen LogP contribution in [0, 0.1) is 0 Å². The van der Waals surface area contributed by atoms with Gasteiger partial charge in [0.05, 0.1) is 0 Å². The van der Waals surface area contributed by atoms with Crippen LogP contribution in [0.4, 0.5) is 0 Å². The van der Waals surface area contributed by atoms with Gasteiger partial charge in [-0.2, -0.15) is 0 Å². The van der Waals surface area contributed by atoms with Crippen LogP contribution in [-0.4, -0.2) is 24.6 Å². The van der Waals surface area contributed by atoms with E-state index in [-0.39, 0.29) is 44.4 Å². The summed E-state index contributed by atoms with van der Waals surface area (Å²) in [6.07, 6.45) is 33.8. The number of benzene rings is 2. The van der Waals surface area contributed by atoms with Crippen LogP contribution >= 0.6 is 15.8 Å². The molecule has 4 rings (SSSR count).